The molecule has 3 nitrogen and oxygen atoms in total. The van der Waals surface area contributed by atoms with E-state index in [0.29, 0.717) is 0 Å². The van der Waals surface area contributed by atoms with E-state index in [1.54, 1.807) is 0 Å². The molecule has 228 valence electrons. The molecule has 0 atom stereocenters. The van der Waals surface area contributed by atoms with Crippen LogP contribution in [0.25, 0.3) is 0 Å². The maximum atomic E-state index is 2.26. The highest BCUT2D eigenvalue weighted by molar-refractivity contribution is 5.86. The van der Waals surface area contributed by atoms with Gasteiger partial charge in [-0.25, -0.2) is 0 Å². The molecule has 0 heterocycles. The molecule has 0 aromatic carbocycles. The molecule has 0 fully saturated rings. The number of nitrogens with zero attached hydrogens (tertiary/aromatic N) is 3. The molecule has 0 aliphatic carbocycles. The third kappa shape index (κ3) is 64.6. The lowest BCUT2D eigenvalue weighted by Crippen LogP contribution is -2.12. The second kappa shape index (κ2) is 45.7. The molecule has 0 bridgehead atoms. The van der Waals surface area contributed by atoms with Crippen LogP contribution in [0.15, 0.2) is 0 Å². The van der Waals surface area contributed by atoms with Gasteiger partial charge in [0.2, 0.25) is 0 Å². The Balaban J connectivity index is -0.0000000900. The minimum absolute atomic E-state index is 0. The van der Waals surface area contributed by atoms with Gasteiger partial charge >= 0.3 is 0 Å². The summed E-state index contributed by atoms with van der Waals surface area (Å²) >= 11 is 0. The molecule has 0 aliphatic rings. The summed E-state index contributed by atoms with van der Waals surface area (Å²) in [5.74, 6) is 0. The van der Waals surface area contributed by atoms with Crippen LogP contribution in [-0.4, -0.2) is 76.6 Å². The van der Waals surface area contributed by atoms with Crippen molar-refractivity contribution in [3.8, 4) is 0 Å². The molecule has 0 aromatic heterocycles. The Labute approximate surface area is 249 Å². The highest BCUT2D eigenvalue weighted by atomic mass is 35.5. The van der Waals surface area contributed by atoms with Gasteiger partial charge in [0.25, 0.3) is 0 Å². The third-order valence-corrected chi connectivity index (χ3v) is 5.88. The lowest BCUT2D eigenvalue weighted by molar-refractivity contribution is 0.389. The van der Waals surface area contributed by atoms with E-state index < -0.39 is 0 Å². The van der Waals surface area contributed by atoms with Crippen LogP contribution in [0.2, 0.25) is 0 Å². The van der Waals surface area contributed by atoms with Crippen molar-refractivity contribution in [3.63, 3.8) is 0 Å². The first-order valence-electron chi connectivity index (χ1n) is 14.8. The highest BCUT2D eigenvalue weighted by Crippen LogP contribution is 2.06. The second-order valence-electron chi connectivity index (χ2n) is 10.7. The first-order chi connectivity index (χ1) is 15.8. The molecule has 0 aliphatic heterocycles. The molecule has 0 aromatic rings. The first kappa shape index (κ1) is 49.7. The van der Waals surface area contributed by atoms with E-state index in [1.807, 2.05) is 0 Å². The Morgan fingerprint density at radius 2 is 0.444 bits per heavy atom. The van der Waals surface area contributed by atoms with Gasteiger partial charge in [0.05, 0.1) is 0 Å². The third-order valence-electron chi connectivity index (χ3n) is 5.88. The van der Waals surface area contributed by atoms with Crippen molar-refractivity contribution in [1.82, 2.24) is 14.7 Å². The van der Waals surface area contributed by atoms with Gasteiger partial charge in [-0.2, -0.15) is 0 Å². The molecule has 0 unspecified atom stereocenters. The van der Waals surface area contributed by atoms with Gasteiger partial charge in [0, 0.05) is 0 Å². The number of hydrogen-bond acceptors (Lipinski definition) is 3. The van der Waals surface area contributed by atoms with Gasteiger partial charge in [-0.1, -0.05) is 117 Å². The van der Waals surface area contributed by atoms with E-state index in [4.69, 9.17) is 0 Å². The summed E-state index contributed by atoms with van der Waals surface area (Å²) in [6, 6.07) is 0. The number of unbranched alkanes of at least 4 members (excludes halogenated alkanes) is 15. The molecular weight excluding hydrogens is 509 g/mol. The maximum absolute atomic E-state index is 2.26. The maximum Gasteiger partial charge on any atom is -0.00248 e. The van der Waals surface area contributed by atoms with Gasteiger partial charge in [-0.3, -0.25) is 0 Å². The minimum Gasteiger partial charge on any atom is -0.309 e. The molecule has 6 heteroatoms. The fraction of sp³-hybridized carbons (Fsp3) is 1.00. The van der Waals surface area contributed by atoms with Crippen LogP contribution in [0.4, 0.5) is 0 Å². The molecule has 0 saturated heterocycles. The van der Waals surface area contributed by atoms with Crippen molar-refractivity contribution < 1.29 is 0 Å². The largest absolute Gasteiger partial charge is 0.309 e. The molecular formula is C30H72Cl3N3. The summed E-state index contributed by atoms with van der Waals surface area (Å²) in [5.41, 5.74) is 0. The number of rotatable bonds is 21. The molecule has 0 rings (SSSR count). The zero-order chi connectivity index (χ0) is 25.6. The Morgan fingerprint density at radius 1 is 0.278 bits per heavy atom. The van der Waals surface area contributed by atoms with E-state index in [1.165, 1.54) is 135 Å². The van der Waals surface area contributed by atoms with Crippen molar-refractivity contribution in [2.24, 2.45) is 0 Å². The van der Waals surface area contributed by atoms with E-state index in [-0.39, 0.29) is 37.2 Å². The van der Waals surface area contributed by atoms with Crippen molar-refractivity contribution in [2.45, 2.75) is 136 Å². The monoisotopic (exact) mass is 579 g/mol. The molecule has 0 spiro atoms. The van der Waals surface area contributed by atoms with Gasteiger partial charge in [-0.15, -0.1) is 37.2 Å². The SMILES string of the molecule is CCCCCCCCN(C)C.CCCCCCCCN(C)C.CCCCCCCCN(C)C.Cl.Cl.Cl. The normalized spacial score (nSPS) is 10.0. The lowest BCUT2D eigenvalue weighted by Gasteiger charge is -2.08. The number of halogens is 3. The zero-order valence-electron chi connectivity index (χ0n) is 26.4. The van der Waals surface area contributed by atoms with E-state index in [9.17, 15) is 0 Å². The zero-order valence-corrected chi connectivity index (χ0v) is 28.9. The van der Waals surface area contributed by atoms with E-state index in [0.717, 1.165) is 0 Å². The van der Waals surface area contributed by atoms with Gasteiger partial charge in [0.15, 0.2) is 0 Å². The van der Waals surface area contributed by atoms with Crippen molar-refractivity contribution in [3.05, 3.63) is 0 Å². The standard InChI is InChI=1S/3C10H23N.3ClH/c3*1-4-5-6-7-8-9-10-11(2)3;;;/h3*4-10H2,1-3H3;3*1H. The van der Waals surface area contributed by atoms with Crippen LogP contribution in [-0.2, 0) is 0 Å². The van der Waals surface area contributed by atoms with Crippen molar-refractivity contribution in [2.75, 3.05) is 61.9 Å². The predicted molar refractivity (Wildman–Crippen MR) is 178 cm³/mol. The fourth-order valence-corrected chi connectivity index (χ4v) is 3.63. The van der Waals surface area contributed by atoms with Crippen LogP contribution in [0.1, 0.15) is 136 Å². The summed E-state index contributed by atoms with van der Waals surface area (Å²) < 4.78 is 0. The summed E-state index contributed by atoms with van der Waals surface area (Å²) in [6.07, 6.45) is 25.3. The summed E-state index contributed by atoms with van der Waals surface area (Å²) in [7, 11) is 12.9. The minimum atomic E-state index is 0. The van der Waals surface area contributed by atoms with Gasteiger partial charge in [0.1, 0.15) is 0 Å². The molecule has 0 N–H and O–H groups in total. The van der Waals surface area contributed by atoms with Crippen LogP contribution in [0.3, 0.4) is 0 Å². The van der Waals surface area contributed by atoms with Crippen LogP contribution < -0.4 is 0 Å². The second-order valence-corrected chi connectivity index (χ2v) is 10.7. The highest BCUT2D eigenvalue weighted by Gasteiger charge is 1.92. The Kier molecular flexibility index (Phi) is 63.0. The van der Waals surface area contributed by atoms with Gasteiger partial charge < -0.3 is 14.7 Å². The predicted octanol–water partition coefficient (Wildman–Crippen LogP) is 9.99. The Morgan fingerprint density at radius 3 is 0.611 bits per heavy atom. The molecule has 0 amide bonds. The quantitative estimate of drug-likeness (QED) is 0.125. The van der Waals surface area contributed by atoms with Crippen LogP contribution in [0.5, 0.6) is 0 Å². The van der Waals surface area contributed by atoms with E-state index in [2.05, 4.69) is 77.8 Å². The van der Waals surface area contributed by atoms with Crippen LogP contribution in [0, 0.1) is 0 Å². The Bertz CT molecular complexity index is 270. The van der Waals surface area contributed by atoms with Crippen LogP contribution >= 0.6 is 37.2 Å². The Hall–Kier alpha value is 0.750. The number of hydrogen-bond donors (Lipinski definition) is 0. The van der Waals surface area contributed by atoms with Gasteiger partial charge in [-0.05, 0) is 81.2 Å². The van der Waals surface area contributed by atoms with E-state index >= 15 is 0 Å². The fourth-order valence-electron chi connectivity index (χ4n) is 3.63. The summed E-state index contributed by atoms with van der Waals surface area (Å²) in [4.78, 5) is 6.79. The van der Waals surface area contributed by atoms with Crippen molar-refractivity contribution >= 4 is 37.2 Å². The summed E-state index contributed by atoms with van der Waals surface area (Å²) in [6.45, 7) is 10.6. The first-order valence-corrected chi connectivity index (χ1v) is 14.8. The lowest BCUT2D eigenvalue weighted by atomic mass is 10.1. The topological polar surface area (TPSA) is 9.72 Å². The van der Waals surface area contributed by atoms with Crippen molar-refractivity contribution in [1.29, 1.82) is 0 Å². The molecule has 0 radical (unpaired) electrons. The molecule has 36 heavy (non-hydrogen) atoms. The average Bonchev–Trinajstić information content (AvgIpc) is 2.76. The smallest absolute Gasteiger partial charge is 0.00248 e. The average molecular weight is 581 g/mol. The summed E-state index contributed by atoms with van der Waals surface area (Å²) in [5, 5.41) is 0. The molecule has 0 saturated carbocycles.